The van der Waals surface area contributed by atoms with Gasteiger partial charge in [-0.1, -0.05) is 12.1 Å². The van der Waals surface area contributed by atoms with Crippen LogP contribution in [-0.4, -0.2) is 41.9 Å². The molecule has 1 heterocycles. The van der Waals surface area contributed by atoms with Gasteiger partial charge in [-0.2, -0.15) is 0 Å². The molecule has 1 aliphatic rings. The summed E-state index contributed by atoms with van der Waals surface area (Å²) in [6, 6.07) is 5.17. The lowest BCUT2D eigenvalue weighted by Gasteiger charge is -2.20. The van der Waals surface area contributed by atoms with Gasteiger partial charge >= 0.3 is 0 Å². The van der Waals surface area contributed by atoms with Crippen molar-refractivity contribution in [2.24, 2.45) is 0 Å². The molecule has 1 aliphatic heterocycles. The summed E-state index contributed by atoms with van der Waals surface area (Å²) >= 11 is 0. The van der Waals surface area contributed by atoms with Crippen molar-refractivity contribution in [2.75, 3.05) is 25.1 Å². The van der Waals surface area contributed by atoms with Gasteiger partial charge in [0.15, 0.2) is 0 Å². The molecular weight excluding hydrogens is 300 g/mol. The Labute approximate surface area is 119 Å². The third kappa shape index (κ3) is 3.78. The SMILES string of the molecule is CS(=O)(=O)CCNS(=O)(=O)c1cccc2c1CCNC2. The van der Waals surface area contributed by atoms with E-state index in [9.17, 15) is 16.8 Å². The quantitative estimate of drug-likeness (QED) is 0.774. The molecule has 0 amide bonds. The van der Waals surface area contributed by atoms with E-state index in [1.807, 2.05) is 6.07 Å². The third-order valence-corrected chi connectivity index (χ3v) is 5.64. The summed E-state index contributed by atoms with van der Waals surface area (Å²) in [6.07, 6.45) is 1.73. The summed E-state index contributed by atoms with van der Waals surface area (Å²) in [6.45, 7) is 1.29. The minimum absolute atomic E-state index is 0.108. The van der Waals surface area contributed by atoms with Crippen LogP contribution < -0.4 is 10.0 Å². The topological polar surface area (TPSA) is 92.3 Å². The van der Waals surface area contributed by atoms with Crippen molar-refractivity contribution in [3.8, 4) is 0 Å². The van der Waals surface area contributed by atoms with Crippen molar-refractivity contribution in [1.29, 1.82) is 0 Å². The zero-order valence-electron chi connectivity index (χ0n) is 11.2. The Morgan fingerprint density at radius 2 is 2.00 bits per heavy atom. The van der Waals surface area contributed by atoms with Crippen LogP contribution in [0.15, 0.2) is 23.1 Å². The molecule has 0 aromatic heterocycles. The second kappa shape index (κ2) is 5.80. The molecule has 1 aromatic carbocycles. The van der Waals surface area contributed by atoms with Crippen LogP contribution in [0.25, 0.3) is 0 Å². The van der Waals surface area contributed by atoms with Crippen molar-refractivity contribution < 1.29 is 16.8 Å². The summed E-state index contributed by atoms with van der Waals surface area (Å²) in [4.78, 5) is 0.255. The van der Waals surface area contributed by atoms with Crippen molar-refractivity contribution in [1.82, 2.24) is 10.0 Å². The Hall–Kier alpha value is -0.960. The first-order valence-corrected chi connectivity index (χ1v) is 9.83. The van der Waals surface area contributed by atoms with Crippen molar-refractivity contribution in [2.45, 2.75) is 17.9 Å². The maximum Gasteiger partial charge on any atom is 0.240 e. The van der Waals surface area contributed by atoms with E-state index >= 15 is 0 Å². The van der Waals surface area contributed by atoms with Crippen LogP contribution in [-0.2, 0) is 32.8 Å². The number of sulfone groups is 1. The fourth-order valence-corrected chi connectivity index (χ4v) is 4.13. The second-order valence-corrected chi connectivity index (χ2v) is 8.84. The molecule has 6 nitrogen and oxygen atoms in total. The van der Waals surface area contributed by atoms with E-state index < -0.39 is 19.9 Å². The molecule has 112 valence electrons. The van der Waals surface area contributed by atoms with Crippen LogP contribution in [0.2, 0.25) is 0 Å². The fourth-order valence-electron chi connectivity index (χ4n) is 2.19. The number of fused-ring (bicyclic) bond motifs is 1. The van der Waals surface area contributed by atoms with Crippen LogP contribution in [0.5, 0.6) is 0 Å². The molecule has 0 fully saturated rings. The number of sulfonamides is 1. The van der Waals surface area contributed by atoms with Gasteiger partial charge in [0.2, 0.25) is 10.0 Å². The normalized spacial score (nSPS) is 15.8. The largest absolute Gasteiger partial charge is 0.312 e. The average Bonchev–Trinajstić information content (AvgIpc) is 2.36. The zero-order chi connectivity index (χ0) is 14.8. The molecule has 8 heteroatoms. The molecule has 0 saturated carbocycles. The number of benzene rings is 1. The minimum Gasteiger partial charge on any atom is -0.312 e. The van der Waals surface area contributed by atoms with Gasteiger partial charge in [-0.25, -0.2) is 21.6 Å². The van der Waals surface area contributed by atoms with E-state index in [2.05, 4.69) is 10.0 Å². The number of hydrogen-bond acceptors (Lipinski definition) is 5. The van der Waals surface area contributed by atoms with Crippen molar-refractivity contribution >= 4 is 19.9 Å². The molecule has 0 spiro atoms. The first-order chi connectivity index (χ1) is 9.30. The molecule has 2 N–H and O–H groups in total. The monoisotopic (exact) mass is 318 g/mol. The van der Waals surface area contributed by atoms with Crippen LogP contribution in [0.4, 0.5) is 0 Å². The molecule has 2 rings (SSSR count). The fraction of sp³-hybridized carbons (Fsp3) is 0.500. The average molecular weight is 318 g/mol. The smallest absolute Gasteiger partial charge is 0.240 e. The van der Waals surface area contributed by atoms with Crippen molar-refractivity contribution in [3.63, 3.8) is 0 Å². The lowest BCUT2D eigenvalue weighted by Crippen LogP contribution is -2.31. The highest BCUT2D eigenvalue weighted by atomic mass is 32.2. The van der Waals surface area contributed by atoms with Gasteiger partial charge in [0.1, 0.15) is 9.84 Å². The van der Waals surface area contributed by atoms with Crippen LogP contribution in [0.3, 0.4) is 0 Å². The standard InChI is InChI=1S/C12H18N2O4S2/c1-19(15,16)8-7-14-20(17,18)12-4-2-3-10-9-13-6-5-11(10)12/h2-4,13-14H,5-9H2,1H3. The van der Waals surface area contributed by atoms with Crippen molar-refractivity contribution in [3.05, 3.63) is 29.3 Å². The van der Waals surface area contributed by atoms with Gasteiger partial charge in [-0.15, -0.1) is 0 Å². The van der Waals surface area contributed by atoms with E-state index in [1.54, 1.807) is 12.1 Å². The molecule has 0 aliphatic carbocycles. The van der Waals surface area contributed by atoms with E-state index in [0.29, 0.717) is 13.0 Å². The van der Waals surface area contributed by atoms with Gasteiger partial charge in [-0.3, -0.25) is 0 Å². The summed E-state index contributed by atoms with van der Waals surface area (Å²) in [7, 11) is -6.85. The minimum atomic E-state index is -3.67. The Morgan fingerprint density at radius 3 is 2.70 bits per heavy atom. The zero-order valence-corrected chi connectivity index (χ0v) is 12.9. The number of rotatable bonds is 5. The number of hydrogen-bond donors (Lipinski definition) is 2. The van der Waals surface area contributed by atoms with E-state index in [4.69, 9.17) is 0 Å². The number of nitrogens with one attached hydrogen (secondary N) is 2. The highest BCUT2D eigenvalue weighted by molar-refractivity contribution is 7.91. The second-order valence-electron chi connectivity index (χ2n) is 4.85. The van der Waals surface area contributed by atoms with E-state index in [-0.39, 0.29) is 17.2 Å². The Bertz CT molecular complexity index is 696. The Kier molecular flexibility index (Phi) is 4.48. The lowest BCUT2D eigenvalue weighted by atomic mass is 10.0. The van der Waals surface area contributed by atoms with Gasteiger partial charge in [0.05, 0.1) is 10.6 Å². The van der Waals surface area contributed by atoms with E-state index in [0.717, 1.165) is 23.9 Å². The third-order valence-electron chi connectivity index (χ3n) is 3.15. The lowest BCUT2D eigenvalue weighted by molar-refractivity contribution is 0.576. The summed E-state index contributed by atoms with van der Waals surface area (Å²) in [5, 5.41) is 3.19. The summed E-state index contributed by atoms with van der Waals surface area (Å²) < 4.78 is 49.0. The molecule has 0 bridgehead atoms. The predicted octanol–water partition coefficient (Wildman–Crippen LogP) is -0.345. The predicted molar refractivity (Wildman–Crippen MR) is 76.8 cm³/mol. The van der Waals surface area contributed by atoms with Gasteiger partial charge in [0, 0.05) is 19.3 Å². The van der Waals surface area contributed by atoms with E-state index in [1.165, 1.54) is 0 Å². The van der Waals surface area contributed by atoms with Crippen LogP contribution in [0.1, 0.15) is 11.1 Å². The maximum absolute atomic E-state index is 12.3. The maximum atomic E-state index is 12.3. The molecule has 20 heavy (non-hydrogen) atoms. The first-order valence-electron chi connectivity index (χ1n) is 6.28. The molecule has 0 atom stereocenters. The van der Waals surface area contributed by atoms with Crippen LogP contribution >= 0.6 is 0 Å². The van der Waals surface area contributed by atoms with Gasteiger partial charge in [-0.05, 0) is 30.2 Å². The van der Waals surface area contributed by atoms with Crippen LogP contribution in [0, 0.1) is 0 Å². The highest BCUT2D eigenvalue weighted by Gasteiger charge is 2.22. The Morgan fingerprint density at radius 1 is 1.25 bits per heavy atom. The Balaban J connectivity index is 2.22. The van der Waals surface area contributed by atoms with Gasteiger partial charge < -0.3 is 5.32 Å². The first kappa shape index (κ1) is 15.4. The molecular formula is C12H18N2O4S2. The summed E-state index contributed by atoms with van der Waals surface area (Å²) in [5.41, 5.74) is 1.79. The molecule has 1 aromatic rings. The molecule has 0 unspecified atom stereocenters. The van der Waals surface area contributed by atoms with Gasteiger partial charge in [0.25, 0.3) is 0 Å². The molecule has 0 saturated heterocycles. The summed E-state index contributed by atoms with van der Waals surface area (Å²) in [5.74, 6) is -0.206. The molecule has 0 radical (unpaired) electrons. The highest BCUT2D eigenvalue weighted by Crippen LogP contribution is 2.22.